The van der Waals surface area contributed by atoms with E-state index in [1.807, 2.05) is 13.8 Å². The van der Waals surface area contributed by atoms with Crippen molar-refractivity contribution in [2.75, 3.05) is 6.61 Å². The zero-order chi connectivity index (χ0) is 13.9. The van der Waals surface area contributed by atoms with Gasteiger partial charge in [-0.05, 0) is 11.6 Å². The van der Waals surface area contributed by atoms with Crippen molar-refractivity contribution in [1.82, 2.24) is 0 Å². The Morgan fingerprint density at radius 1 is 1.06 bits per heavy atom. The summed E-state index contributed by atoms with van der Waals surface area (Å²) < 4.78 is 5.54. The first kappa shape index (κ1) is 16.9. The first-order chi connectivity index (χ1) is 7.50. The largest absolute Gasteiger partial charge is 0.466 e. The van der Waals surface area contributed by atoms with Crippen molar-refractivity contribution in [3.63, 3.8) is 0 Å². The van der Waals surface area contributed by atoms with Gasteiger partial charge < -0.3 is 4.74 Å². The number of rotatable bonds is 6. The molecule has 0 radical (unpaired) electrons. The fourth-order valence-electron chi connectivity index (χ4n) is 2.27. The topological polar surface area (TPSA) is 26.3 Å². The quantitative estimate of drug-likeness (QED) is 0.537. The van der Waals surface area contributed by atoms with E-state index >= 15 is 0 Å². The van der Waals surface area contributed by atoms with Crippen LogP contribution in [0.1, 0.15) is 20.3 Å². The molecule has 0 aromatic carbocycles. The fourth-order valence-corrected chi connectivity index (χ4v) is 13.8. The Bertz CT molecular complexity index is 237. The van der Waals surface area contributed by atoms with Crippen molar-refractivity contribution in [3.8, 4) is 0 Å². The molecule has 0 bridgehead atoms. The Kier molecular flexibility index (Phi) is 6.15. The Morgan fingerprint density at radius 3 is 1.76 bits per heavy atom. The van der Waals surface area contributed by atoms with Crippen LogP contribution in [0.4, 0.5) is 0 Å². The summed E-state index contributed by atoms with van der Waals surface area (Å²) in [5.41, 5.74) is 0. The lowest BCUT2D eigenvalue weighted by Crippen LogP contribution is -2.46. The molecular weight excluding hydrogens is 244 g/mol. The van der Waals surface area contributed by atoms with Gasteiger partial charge in [0.1, 0.15) is 0 Å². The molecule has 102 valence electrons. The summed E-state index contributed by atoms with van der Waals surface area (Å²) >= 11 is 0. The zero-order valence-corrected chi connectivity index (χ0v) is 14.9. The van der Waals surface area contributed by atoms with Crippen LogP contribution in [0.2, 0.25) is 44.4 Å². The molecule has 0 aromatic rings. The van der Waals surface area contributed by atoms with Crippen LogP contribution in [-0.4, -0.2) is 28.7 Å². The molecule has 0 aliphatic rings. The van der Waals surface area contributed by atoms with Crippen LogP contribution in [0.5, 0.6) is 0 Å². The van der Waals surface area contributed by atoms with E-state index in [1.165, 1.54) is 0 Å². The Morgan fingerprint density at radius 2 is 1.47 bits per heavy atom. The Balaban J connectivity index is 4.55. The van der Waals surface area contributed by atoms with E-state index in [1.54, 1.807) is 0 Å². The van der Waals surface area contributed by atoms with Crippen LogP contribution in [0.15, 0.2) is 0 Å². The third-order valence-electron chi connectivity index (χ3n) is 3.50. The van der Waals surface area contributed by atoms with E-state index in [0.29, 0.717) is 11.8 Å². The van der Waals surface area contributed by atoms with E-state index in [9.17, 15) is 4.79 Å². The summed E-state index contributed by atoms with van der Waals surface area (Å²) in [6.45, 7) is 18.9. The average molecular weight is 275 g/mol. The molecule has 0 spiro atoms. The van der Waals surface area contributed by atoms with Gasteiger partial charge in [-0.2, -0.15) is 0 Å². The molecule has 0 amide bonds. The zero-order valence-electron chi connectivity index (χ0n) is 12.9. The van der Waals surface area contributed by atoms with E-state index in [2.05, 4.69) is 39.3 Å². The van der Waals surface area contributed by atoms with Gasteiger partial charge in [0.25, 0.3) is 0 Å². The minimum atomic E-state index is -1.25. The maximum absolute atomic E-state index is 11.7. The molecule has 1 atom stereocenters. The van der Waals surface area contributed by atoms with Gasteiger partial charge in [-0.25, -0.2) is 0 Å². The van der Waals surface area contributed by atoms with Gasteiger partial charge in [0.15, 0.2) is 0 Å². The molecule has 2 nitrogen and oxygen atoms in total. The minimum Gasteiger partial charge on any atom is -0.466 e. The highest BCUT2D eigenvalue weighted by atomic mass is 28.4. The van der Waals surface area contributed by atoms with Gasteiger partial charge in [-0.15, -0.1) is 0 Å². The van der Waals surface area contributed by atoms with Crippen molar-refractivity contribution < 1.29 is 9.53 Å². The van der Waals surface area contributed by atoms with Gasteiger partial charge in [0.05, 0.1) is 12.5 Å². The summed E-state index contributed by atoms with van der Waals surface area (Å²) in [4.78, 5) is 11.7. The molecule has 0 heterocycles. The molecule has 0 saturated carbocycles. The maximum Gasteiger partial charge on any atom is 0.308 e. The maximum atomic E-state index is 11.7. The van der Waals surface area contributed by atoms with Crippen LogP contribution >= 0.6 is 0 Å². The first-order valence-corrected chi connectivity index (χ1v) is 13.8. The van der Waals surface area contributed by atoms with Gasteiger partial charge in [-0.3, -0.25) is 4.79 Å². The van der Waals surface area contributed by atoms with Gasteiger partial charge in [0.2, 0.25) is 0 Å². The fraction of sp³-hybridized carbons (Fsp3) is 0.923. The number of hydrogen-bond donors (Lipinski definition) is 0. The van der Waals surface area contributed by atoms with Crippen LogP contribution < -0.4 is 0 Å². The normalized spacial score (nSPS) is 14.9. The molecule has 17 heavy (non-hydrogen) atoms. The summed E-state index contributed by atoms with van der Waals surface area (Å²) in [6.07, 6.45) is 0.864. The highest BCUT2D eigenvalue weighted by molar-refractivity contribution is 6.96. The second kappa shape index (κ2) is 6.18. The number of carbonyl (C=O) groups excluding carboxylic acids is 1. The number of esters is 1. The predicted molar refractivity (Wildman–Crippen MR) is 80.9 cm³/mol. The highest BCUT2D eigenvalue weighted by Gasteiger charge is 2.38. The average Bonchev–Trinajstić information content (AvgIpc) is 2.12. The van der Waals surface area contributed by atoms with Crippen LogP contribution in [0, 0.1) is 5.92 Å². The van der Waals surface area contributed by atoms with Crippen molar-refractivity contribution in [1.29, 1.82) is 0 Å². The third kappa shape index (κ3) is 5.86. The Labute approximate surface area is 109 Å². The van der Waals surface area contributed by atoms with E-state index < -0.39 is 16.1 Å². The summed E-state index contributed by atoms with van der Waals surface area (Å²) in [5.74, 6) is 0.0212. The second-order valence-electron chi connectivity index (χ2n) is 7.22. The molecule has 0 rings (SSSR count). The number of hydrogen-bond acceptors (Lipinski definition) is 2. The molecular formula is C13H30O2Si2. The SMILES string of the molecule is CCC(C)C(=O)OCC([Si](C)(C)C)[Si](C)(C)C. The molecule has 0 fully saturated rings. The molecule has 0 aromatic heterocycles. The molecule has 0 aliphatic carbocycles. The molecule has 4 heteroatoms. The highest BCUT2D eigenvalue weighted by Crippen LogP contribution is 2.32. The summed E-state index contributed by atoms with van der Waals surface area (Å²) in [7, 11) is -2.50. The smallest absolute Gasteiger partial charge is 0.308 e. The minimum absolute atomic E-state index is 0.0194. The van der Waals surface area contributed by atoms with Crippen LogP contribution in [-0.2, 0) is 9.53 Å². The third-order valence-corrected chi connectivity index (χ3v) is 13.2. The van der Waals surface area contributed by atoms with Crippen molar-refractivity contribution in [2.24, 2.45) is 5.92 Å². The summed E-state index contributed by atoms with van der Waals surface area (Å²) in [5, 5.41) is 0.642. The summed E-state index contributed by atoms with van der Waals surface area (Å²) in [6, 6.07) is 0. The Hall–Kier alpha value is -0.0962. The van der Waals surface area contributed by atoms with Crippen molar-refractivity contribution in [3.05, 3.63) is 0 Å². The van der Waals surface area contributed by atoms with Crippen molar-refractivity contribution >= 4 is 22.1 Å². The van der Waals surface area contributed by atoms with Gasteiger partial charge in [0, 0.05) is 16.1 Å². The number of ether oxygens (including phenoxy) is 1. The van der Waals surface area contributed by atoms with E-state index in [4.69, 9.17) is 4.74 Å². The monoisotopic (exact) mass is 274 g/mol. The molecule has 0 N–H and O–H groups in total. The van der Waals surface area contributed by atoms with Gasteiger partial charge in [-0.1, -0.05) is 53.1 Å². The molecule has 1 unspecified atom stereocenters. The second-order valence-corrected chi connectivity index (χ2v) is 18.7. The first-order valence-electron chi connectivity index (χ1n) is 6.66. The number of carbonyl (C=O) groups is 1. The lowest BCUT2D eigenvalue weighted by molar-refractivity contribution is -0.147. The van der Waals surface area contributed by atoms with Gasteiger partial charge >= 0.3 is 5.97 Å². The molecule has 0 saturated heterocycles. The van der Waals surface area contributed by atoms with Crippen molar-refractivity contribution in [2.45, 2.75) is 64.7 Å². The standard InChI is InChI=1S/C13H30O2Si2/c1-9-11(2)13(14)15-10-12(16(3,4)5)17(6,7)8/h11-12H,9-10H2,1-8H3. The lowest BCUT2D eigenvalue weighted by atomic mass is 10.1. The van der Waals surface area contributed by atoms with E-state index in [0.717, 1.165) is 6.42 Å². The van der Waals surface area contributed by atoms with Crippen LogP contribution in [0.3, 0.4) is 0 Å². The lowest BCUT2D eigenvalue weighted by Gasteiger charge is -2.37. The predicted octanol–water partition coefficient (Wildman–Crippen LogP) is 4.16. The van der Waals surface area contributed by atoms with Crippen LogP contribution in [0.25, 0.3) is 0 Å². The van der Waals surface area contributed by atoms with E-state index in [-0.39, 0.29) is 11.9 Å². The molecule has 0 aliphatic heterocycles.